The molecule has 0 saturated heterocycles. The molecule has 0 fully saturated rings. The van der Waals surface area contributed by atoms with Gasteiger partial charge in [0, 0.05) is 24.3 Å². The van der Waals surface area contributed by atoms with Crippen LogP contribution in [0.2, 0.25) is 0 Å². The maximum absolute atomic E-state index is 12.0. The molecule has 0 saturated carbocycles. The van der Waals surface area contributed by atoms with Gasteiger partial charge in [-0.15, -0.1) is 0 Å². The second-order valence-corrected chi connectivity index (χ2v) is 6.81. The van der Waals surface area contributed by atoms with Crippen LogP contribution in [0.25, 0.3) is 0 Å². The third kappa shape index (κ3) is 3.89. The second-order valence-electron chi connectivity index (χ2n) is 4.12. The van der Waals surface area contributed by atoms with E-state index in [1.807, 2.05) is 13.2 Å². The van der Waals surface area contributed by atoms with Gasteiger partial charge in [0.05, 0.1) is 11.1 Å². The number of sulfonamides is 1. The average molecular weight is 344 g/mol. The lowest BCUT2D eigenvalue weighted by atomic mass is 10.3. The molecule has 5 nitrogen and oxygen atoms in total. The van der Waals surface area contributed by atoms with Crippen LogP contribution in [0.3, 0.4) is 0 Å². The fourth-order valence-corrected chi connectivity index (χ4v) is 2.92. The Morgan fingerprint density at radius 1 is 1.32 bits per heavy atom. The number of hydrogen-bond donors (Lipinski definition) is 1. The van der Waals surface area contributed by atoms with Gasteiger partial charge in [-0.2, -0.15) is 5.10 Å². The predicted octanol–water partition coefficient (Wildman–Crippen LogP) is 1.70. The first-order valence-corrected chi connectivity index (χ1v) is 7.98. The molecule has 2 rings (SSSR count). The fourth-order valence-electron chi connectivity index (χ4n) is 1.63. The summed E-state index contributed by atoms with van der Waals surface area (Å²) in [6.45, 7) is 0.351. The van der Waals surface area contributed by atoms with E-state index in [0.29, 0.717) is 13.0 Å². The summed E-state index contributed by atoms with van der Waals surface area (Å²) in [5.41, 5.74) is 1.00. The molecule has 0 atom stereocenters. The molecule has 1 heterocycles. The maximum Gasteiger partial charge on any atom is 0.240 e. The Kier molecular flexibility index (Phi) is 4.38. The second kappa shape index (κ2) is 5.85. The lowest BCUT2D eigenvalue weighted by Gasteiger charge is -2.06. The molecule has 0 amide bonds. The highest BCUT2D eigenvalue weighted by atomic mass is 79.9. The van der Waals surface area contributed by atoms with E-state index in [1.165, 1.54) is 0 Å². The highest BCUT2D eigenvalue weighted by Crippen LogP contribution is 2.14. The SMILES string of the molecule is Cn1cc(CCNS(=O)(=O)c2ccc(Br)cc2)cn1. The lowest BCUT2D eigenvalue weighted by Crippen LogP contribution is -2.25. The monoisotopic (exact) mass is 343 g/mol. The van der Waals surface area contributed by atoms with E-state index in [9.17, 15) is 8.42 Å². The Balaban J connectivity index is 1.96. The number of benzene rings is 1. The molecule has 0 aliphatic rings. The molecule has 1 aromatic carbocycles. The fraction of sp³-hybridized carbons (Fsp3) is 0.250. The van der Waals surface area contributed by atoms with Crippen LogP contribution < -0.4 is 4.72 Å². The first kappa shape index (κ1) is 14.2. The zero-order chi connectivity index (χ0) is 13.9. The van der Waals surface area contributed by atoms with Crippen molar-refractivity contribution in [1.29, 1.82) is 0 Å². The highest BCUT2D eigenvalue weighted by molar-refractivity contribution is 9.10. The summed E-state index contributed by atoms with van der Waals surface area (Å²) in [5.74, 6) is 0. The van der Waals surface area contributed by atoms with Crippen molar-refractivity contribution in [2.24, 2.45) is 7.05 Å². The third-order valence-electron chi connectivity index (χ3n) is 2.59. The Morgan fingerprint density at radius 2 is 2.00 bits per heavy atom. The van der Waals surface area contributed by atoms with Gasteiger partial charge >= 0.3 is 0 Å². The zero-order valence-corrected chi connectivity index (χ0v) is 12.8. The van der Waals surface area contributed by atoms with E-state index < -0.39 is 10.0 Å². The summed E-state index contributed by atoms with van der Waals surface area (Å²) < 4.78 is 29.1. The summed E-state index contributed by atoms with van der Waals surface area (Å²) in [7, 11) is -1.61. The summed E-state index contributed by atoms with van der Waals surface area (Å²) in [4.78, 5) is 0.266. The number of aryl methyl sites for hydroxylation is 1. The highest BCUT2D eigenvalue weighted by Gasteiger charge is 2.12. The average Bonchev–Trinajstić information content (AvgIpc) is 2.75. The number of hydrogen-bond acceptors (Lipinski definition) is 3. The molecule has 0 spiro atoms. The molecule has 1 aromatic heterocycles. The van der Waals surface area contributed by atoms with Crippen molar-refractivity contribution in [3.63, 3.8) is 0 Å². The van der Waals surface area contributed by atoms with Crippen molar-refractivity contribution in [3.05, 3.63) is 46.7 Å². The normalized spacial score (nSPS) is 11.7. The maximum atomic E-state index is 12.0. The molecule has 0 unspecified atom stereocenters. The van der Waals surface area contributed by atoms with Crippen LogP contribution in [-0.4, -0.2) is 24.7 Å². The minimum absolute atomic E-state index is 0.266. The summed E-state index contributed by atoms with van der Waals surface area (Å²) in [6.07, 6.45) is 4.21. The van der Waals surface area contributed by atoms with E-state index in [0.717, 1.165) is 10.0 Å². The number of halogens is 1. The standard InChI is InChI=1S/C12H14BrN3O2S/c1-16-9-10(8-14-16)6-7-15-19(17,18)12-4-2-11(13)3-5-12/h2-5,8-9,15H,6-7H2,1H3. The molecule has 7 heteroatoms. The van der Waals surface area contributed by atoms with Gasteiger partial charge in [0.1, 0.15) is 0 Å². The Labute approximate surface area is 120 Å². The number of nitrogens with one attached hydrogen (secondary N) is 1. The molecule has 0 bridgehead atoms. The van der Waals surface area contributed by atoms with Crippen LogP contribution in [0.1, 0.15) is 5.56 Å². The Bertz CT molecular complexity index is 650. The first-order valence-electron chi connectivity index (χ1n) is 5.70. The van der Waals surface area contributed by atoms with E-state index in [1.54, 1.807) is 35.1 Å². The Morgan fingerprint density at radius 3 is 2.58 bits per heavy atom. The Hall–Kier alpha value is -1.18. The third-order valence-corrected chi connectivity index (χ3v) is 4.59. The van der Waals surface area contributed by atoms with Crippen LogP contribution in [-0.2, 0) is 23.5 Å². The summed E-state index contributed by atoms with van der Waals surface area (Å²) in [6, 6.07) is 6.54. The van der Waals surface area contributed by atoms with Gasteiger partial charge < -0.3 is 0 Å². The van der Waals surface area contributed by atoms with Crippen molar-refractivity contribution in [2.45, 2.75) is 11.3 Å². The molecule has 0 aliphatic carbocycles. The van der Waals surface area contributed by atoms with Gasteiger partial charge in [0.15, 0.2) is 0 Å². The van der Waals surface area contributed by atoms with Crippen molar-refractivity contribution < 1.29 is 8.42 Å². The summed E-state index contributed by atoms with van der Waals surface area (Å²) in [5, 5.41) is 4.03. The van der Waals surface area contributed by atoms with Crippen molar-refractivity contribution in [1.82, 2.24) is 14.5 Å². The topological polar surface area (TPSA) is 64.0 Å². The zero-order valence-electron chi connectivity index (χ0n) is 10.4. The summed E-state index contributed by atoms with van der Waals surface area (Å²) >= 11 is 3.27. The first-order chi connectivity index (χ1) is 8.97. The van der Waals surface area contributed by atoms with Crippen molar-refractivity contribution in [2.75, 3.05) is 6.54 Å². The van der Waals surface area contributed by atoms with Crippen molar-refractivity contribution in [3.8, 4) is 0 Å². The predicted molar refractivity (Wildman–Crippen MR) is 76.2 cm³/mol. The largest absolute Gasteiger partial charge is 0.276 e. The molecule has 0 radical (unpaired) electrons. The van der Waals surface area contributed by atoms with Gasteiger partial charge in [-0.05, 0) is 36.2 Å². The quantitative estimate of drug-likeness (QED) is 0.898. The van der Waals surface area contributed by atoms with Gasteiger partial charge in [0.25, 0.3) is 0 Å². The van der Waals surface area contributed by atoms with Gasteiger partial charge in [0.2, 0.25) is 10.0 Å². The minimum atomic E-state index is -3.44. The van der Waals surface area contributed by atoms with E-state index >= 15 is 0 Å². The van der Waals surface area contributed by atoms with Crippen LogP contribution >= 0.6 is 15.9 Å². The van der Waals surface area contributed by atoms with Crippen molar-refractivity contribution >= 4 is 26.0 Å². The molecule has 102 valence electrons. The number of nitrogens with zero attached hydrogens (tertiary/aromatic N) is 2. The molecular formula is C12H14BrN3O2S. The molecule has 0 aliphatic heterocycles. The molecule has 2 aromatic rings. The van der Waals surface area contributed by atoms with E-state index in [4.69, 9.17) is 0 Å². The number of aromatic nitrogens is 2. The van der Waals surface area contributed by atoms with Gasteiger partial charge in [-0.25, -0.2) is 13.1 Å². The van der Waals surface area contributed by atoms with E-state index in [-0.39, 0.29) is 4.90 Å². The van der Waals surface area contributed by atoms with E-state index in [2.05, 4.69) is 25.8 Å². The minimum Gasteiger partial charge on any atom is -0.276 e. The van der Waals surface area contributed by atoms with Crippen LogP contribution in [0.5, 0.6) is 0 Å². The molecule has 1 N–H and O–H groups in total. The van der Waals surface area contributed by atoms with Gasteiger partial charge in [-0.1, -0.05) is 15.9 Å². The van der Waals surface area contributed by atoms with Crippen LogP contribution in [0.4, 0.5) is 0 Å². The van der Waals surface area contributed by atoms with Gasteiger partial charge in [-0.3, -0.25) is 4.68 Å². The molecular weight excluding hydrogens is 330 g/mol. The van der Waals surface area contributed by atoms with Crippen LogP contribution in [0.15, 0.2) is 46.0 Å². The smallest absolute Gasteiger partial charge is 0.240 e. The number of rotatable bonds is 5. The lowest BCUT2D eigenvalue weighted by molar-refractivity contribution is 0.581. The molecule has 19 heavy (non-hydrogen) atoms. The van der Waals surface area contributed by atoms with Crippen LogP contribution in [0, 0.1) is 0 Å².